The van der Waals surface area contributed by atoms with E-state index in [1.165, 1.54) is 31.2 Å². The standard InChI is InChI=1S/C13H23N3/c1-3-16-10-12(9-15-16)8-14-13-7-5-4-6-11(13)2/h9-11,13-14H,3-8H2,1-2H3. The van der Waals surface area contributed by atoms with E-state index in [2.05, 4.69) is 30.5 Å². The topological polar surface area (TPSA) is 29.9 Å². The highest BCUT2D eigenvalue weighted by Crippen LogP contribution is 2.23. The Morgan fingerprint density at radius 1 is 1.44 bits per heavy atom. The second kappa shape index (κ2) is 5.48. The first-order valence-corrected chi connectivity index (χ1v) is 6.54. The van der Waals surface area contributed by atoms with Crippen molar-refractivity contribution in [3.05, 3.63) is 18.0 Å². The molecule has 1 fully saturated rings. The van der Waals surface area contributed by atoms with Crippen LogP contribution in [0.5, 0.6) is 0 Å². The Morgan fingerprint density at radius 3 is 2.94 bits per heavy atom. The molecule has 0 amide bonds. The van der Waals surface area contributed by atoms with Crippen LogP contribution in [0.25, 0.3) is 0 Å². The van der Waals surface area contributed by atoms with Crippen molar-refractivity contribution < 1.29 is 0 Å². The highest BCUT2D eigenvalue weighted by molar-refractivity contribution is 5.03. The van der Waals surface area contributed by atoms with Gasteiger partial charge >= 0.3 is 0 Å². The maximum atomic E-state index is 4.29. The second-order valence-electron chi connectivity index (χ2n) is 4.95. The first-order chi connectivity index (χ1) is 7.79. The molecule has 0 aliphatic heterocycles. The van der Waals surface area contributed by atoms with Gasteiger partial charge in [0.05, 0.1) is 6.20 Å². The molecule has 1 aromatic rings. The average Bonchev–Trinajstić information content (AvgIpc) is 2.76. The van der Waals surface area contributed by atoms with Crippen molar-refractivity contribution in [2.24, 2.45) is 5.92 Å². The van der Waals surface area contributed by atoms with E-state index in [-0.39, 0.29) is 0 Å². The van der Waals surface area contributed by atoms with Gasteiger partial charge in [0.25, 0.3) is 0 Å². The predicted octanol–water partition coefficient (Wildman–Crippen LogP) is 2.57. The van der Waals surface area contributed by atoms with E-state index < -0.39 is 0 Å². The Kier molecular flexibility index (Phi) is 3.99. The monoisotopic (exact) mass is 221 g/mol. The van der Waals surface area contributed by atoms with Gasteiger partial charge in [0.2, 0.25) is 0 Å². The molecule has 1 aromatic heterocycles. The van der Waals surface area contributed by atoms with Crippen LogP contribution in [-0.2, 0) is 13.1 Å². The lowest BCUT2D eigenvalue weighted by Crippen LogP contribution is -2.36. The summed E-state index contributed by atoms with van der Waals surface area (Å²) in [6.07, 6.45) is 9.63. The third kappa shape index (κ3) is 2.85. The summed E-state index contributed by atoms with van der Waals surface area (Å²) >= 11 is 0. The molecular formula is C13H23N3. The number of aryl methyl sites for hydroxylation is 1. The van der Waals surface area contributed by atoms with Gasteiger partial charge in [-0.1, -0.05) is 19.8 Å². The molecule has 0 spiro atoms. The minimum absolute atomic E-state index is 0.707. The molecule has 2 rings (SSSR count). The summed E-state index contributed by atoms with van der Waals surface area (Å²) in [5.74, 6) is 0.829. The summed E-state index contributed by atoms with van der Waals surface area (Å²) in [6.45, 7) is 6.41. The molecule has 1 saturated carbocycles. The van der Waals surface area contributed by atoms with Crippen molar-refractivity contribution in [2.75, 3.05) is 0 Å². The number of hydrogen-bond acceptors (Lipinski definition) is 2. The van der Waals surface area contributed by atoms with Gasteiger partial charge in [0.15, 0.2) is 0 Å². The minimum atomic E-state index is 0.707. The minimum Gasteiger partial charge on any atom is -0.310 e. The SMILES string of the molecule is CCn1cc(CNC2CCCCC2C)cn1. The lowest BCUT2D eigenvalue weighted by Gasteiger charge is -2.29. The van der Waals surface area contributed by atoms with Gasteiger partial charge in [-0.3, -0.25) is 4.68 Å². The summed E-state index contributed by atoms with van der Waals surface area (Å²) in [7, 11) is 0. The van der Waals surface area contributed by atoms with E-state index in [4.69, 9.17) is 0 Å². The third-order valence-corrected chi connectivity index (χ3v) is 3.69. The molecule has 0 saturated heterocycles. The molecule has 2 atom stereocenters. The normalized spacial score (nSPS) is 25.9. The lowest BCUT2D eigenvalue weighted by atomic mass is 9.86. The summed E-state index contributed by atoms with van der Waals surface area (Å²) in [4.78, 5) is 0. The van der Waals surface area contributed by atoms with Gasteiger partial charge in [0, 0.05) is 30.9 Å². The molecule has 90 valence electrons. The molecule has 16 heavy (non-hydrogen) atoms. The zero-order valence-electron chi connectivity index (χ0n) is 10.4. The maximum absolute atomic E-state index is 4.29. The summed E-state index contributed by atoms with van der Waals surface area (Å²) in [6, 6.07) is 0.707. The quantitative estimate of drug-likeness (QED) is 0.847. The fourth-order valence-corrected chi connectivity index (χ4v) is 2.54. The second-order valence-corrected chi connectivity index (χ2v) is 4.95. The van der Waals surface area contributed by atoms with Gasteiger partial charge in [-0.05, 0) is 25.7 Å². The number of nitrogens with one attached hydrogen (secondary N) is 1. The number of aromatic nitrogens is 2. The smallest absolute Gasteiger partial charge is 0.0534 e. The zero-order chi connectivity index (χ0) is 11.4. The molecule has 1 aliphatic carbocycles. The third-order valence-electron chi connectivity index (χ3n) is 3.69. The summed E-state index contributed by atoms with van der Waals surface area (Å²) < 4.78 is 1.99. The molecular weight excluding hydrogens is 198 g/mol. The fourth-order valence-electron chi connectivity index (χ4n) is 2.54. The zero-order valence-corrected chi connectivity index (χ0v) is 10.4. The van der Waals surface area contributed by atoms with Crippen LogP contribution in [0.3, 0.4) is 0 Å². The van der Waals surface area contributed by atoms with E-state index in [0.717, 1.165) is 19.0 Å². The molecule has 0 bridgehead atoms. The Morgan fingerprint density at radius 2 is 2.25 bits per heavy atom. The predicted molar refractivity (Wildman–Crippen MR) is 66.2 cm³/mol. The first kappa shape index (κ1) is 11.6. The number of nitrogens with zero attached hydrogens (tertiary/aromatic N) is 2. The molecule has 1 aliphatic rings. The summed E-state index contributed by atoms with van der Waals surface area (Å²) in [5.41, 5.74) is 1.31. The van der Waals surface area contributed by atoms with Gasteiger partial charge in [0.1, 0.15) is 0 Å². The highest BCUT2D eigenvalue weighted by atomic mass is 15.3. The first-order valence-electron chi connectivity index (χ1n) is 6.54. The van der Waals surface area contributed by atoms with Crippen molar-refractivity contribution in [3.63, 3.8) is 0 Å². The van der Waals surface area contributed by atoms with E-state index in [1.807, 2.05) is 10.9 Å². The molecule has 2 unspecified atom stereocenters. The average molecular weight is 221 g/mol. The Hall–Kier alpha value is -0.830. The van der Waals surface area contributed by atoms with Crippen LogP contribution in [-0.4, -0.2) is 15.8 Å². The van der Waals surface area contributed by atoms with Crippen molar-refractivity contribution in [1.29, 1.82) is 0 Å². The Bertz CT molecular complexity index is 319. The van der Waals surface area contributed by atoms with Gasteiger partial charge in [-0.2, -0.15) is 5.10 Å². The van der Waals surface area contributed by atoms with E-state index in [0.29, 0.717) is 6.04 Å². The molecule has 0 aromatic carbocycles. The molecule has 1 heterocycles. The lowest BCUT2D eigenvalue weighted by molar-refractivity contribution is 0.279. The van der Waals surface area contributed by atoms with Crippen molar-refractivity contribution in [3.8, 4) is 0 Å². The maximum Gasteiger partial charge on any atom is 0.0534 e. The van der Waals surface area contributed by atoms with Crippen LogP contribution in [0.2, 0.25) is 0 Å². The number of rotatable bonds is 4. The van der Waals surface area contributed by atoms with Crippen molar-refractivity contribution >= 4 is 0 Å². The molecule has 0 radical (unpaired) electrons. The fraction of sp³-hybridized carbons (Fsp3) is 0.769. The van der Waals surface area contributed by atoms with Crippen LogP contribution in [0.15, 0.2) is 12.4 Å². The van der Waals surface area contributed by atoms with Crippen LogP contribution >= 0.6 is 0 Å². The molecule has 3 heteroatoms. The largest absolute Gasteiger partial charge is 0.310 e. The highest BCUT2D eigenvalue weighted by Gasteiger charge is 2.20. The summed E-state index contributed by atoms with van der Waals surface area (Å²) in [5, 5.41) is 7.97. The number of hydrogen-bond donors (Lipinski definition) is 1. The van der Waals surface area contributed by atoms with Crippen molar-refractivity contribution in [2.45, 2.75) is 58.7 Å². The molecule has 1 N–H and O–H groups in total. The van der Waals surface area contributed by atoms with Gasteiger partial charge in [-0.15, -0.1) is 0 Å². The molecule has 3 nitrogen and oxygen atoms in total. The van der Waals surface area contributed by atoms with E-state index >= 15 is 0 Å². The Labute approximate surface area is 98.2 Å². The van der Waals surface area contributed by atoms with Gasteiger partial charge in [-0.25, -0.2) is 0 Å². The Balaban J connectivity index is 1.81. The van der Waals surface area contributed by atoms with Gasteiger partial charge < -0.3 is 5.32 Å². The van der Waals surface area contributed by atoms with E-state index in [9.17, 15) is 0 Å². The van der Waals surface area contributed by atoms with Crippen LogP contribution in [0.1, 0.15) is 45.1 Å². The van der Waals surface area contributed by atoms with Crippen LogP contribution in [0, 0.1) is 5.92 Å². The van der Waals surface area contributed by atoms with E-state index in [1.54, 1.807) is 0 Å². The van der Waals surface area contributed by atoms with Crippen LogP contribution in [0.4, 0.5) is 0 Å². The van der Waals surface area contributed by atoms with Crippen molar-refractivity contribution in [1.82, 2.24) is 15.1 Å². The van der Waals surface area contributed by atoms with Crippen LogP contribution < -0.4 is 5.32 Å².